The van der Waals surface area contributed by atoms with Crippen molar-refractivity contribution in [2.45, 2.75) is 12.5 Å². The fourth-order valence-electron chi connectivity index (χ4n) is 2.03. The third-order valence-corrected chi connectivity index (χ3v) is 3.33. The number of hydrogen-bond donors (Lipinski definition) is 2. The summed E-state index contributed by atoms with van der Waals surface area (Å²) < 4.78 is 3.49. The molecule has 0 saturated carbocycles. The molecule has 3 heterocycles. The maximum Gasteiger partial charge on any atom is 0.273 e. The number of nitrogens with one attached hydrogen (secondary N) is 2. The molecule has 20 heavy (non-hydrogen) atoms. The average molecular weight is 275 g/mol. The minimum absolute atomic E-state index is 0.188. The molecule has 8 nitrogen and oxygen atoms in total. The molecule has 0 radical (unpaired) electrons. The van der Waals surface area contributed by atoms with Crippen molar-refractivity contribution < 1.29 is 4.79 Å². The van der Waals surface area contributed by atoms with Crippen LogP contribution in [0.3, 0.4) is 0 Å². The fourth-order valence-corrected chi connectivity index (χ4v) is 2.03. The molecule has 106 valence electrons. The van der Waals surface area contributed by atoms with Crippen LogP contribution in [0.2, 0.25) is 0 Å². The first-order valence-corrected chi connectivity index (χ1v) is 6.60. The summed E-state index contributed by atoms with van der Waals surface area (Å²) in [4.78, 5) is 11.9. The maximum atomic E-state index is 11.9. The Morgan fingerprint density at radius 3 is 3.00 bits per heavy atom. The number of hydrogen-bond acceptors (Lipinski definition) is 5. The molecule has 0 spiro atoms. The topological polar surface area (TPSA) is 89.7 Å². The van der Waals surface area contributed by atoms with Crippen LogP contribution in [0.15, 0.2) is 18.6 Å². The van der Waals surface area contributed by atoms with Crippen LogP contribution in [0.5, 0.6) is 0 Å². The van der Waals surface area contributed by atoms with Gasteiger partial charge in [0.1, 0.15) is 0 Å². The highest BCUT2D eigenvalue weighted by Gasteiger charge is 2.21. The minimum atomic E-state index is -0.188. The summed E-state index contributed by atoms with van der Waals surface area (Å²) in [7, 11) is 1.87. The van der Waals surface area contributed by atoms with E-state index in [0.717, 1.165) is 25.1 Å². The average Bonchev–Trinajstić information content (AvgIpc) is 2.97. The molecule has 1 amide bonds. The number of rotatable bonds is 5. The summed E-state index contributed by atoms with van der Waals surface area (Å²) in [6.45, 7) is 2.32. The molecule has 1 aliphatic rings. The van der Waals surface area contributed by atoms with Crippen molar-refractivity contribution in [3.8, 4) is 0 Å². The second-order valence-corrected chi connectivity index (χ2v) is 4.92. The van der Waals surface area contributed by atoms with Crippen molar-refractivity contribution >= 4 is 5.91 Å². The van der Waals surface area contributed by atoms with E-state index in [1.807, 2.05) is 13.2 Å². The molecule has 1 aliphatic heterocycles. The smallest absolute Gasteiger partial charge is 0.273 e. The van der Waals surface area contributed by atoms with E-state index < -0.39 is 0 Å². The third kappa shape index (κ3) is 2.69. The van der Waals surface area contributed by atoms with Crippen molar-refractivity contribution in [3.05, 3.63) is 29.8 Å². The fraction of sp³-hybridized carbons (Fsp3) is 0.500. The van der Waals surface area contributed by atoms with Gasteiger partial charge < -0.3 is 10.6 Å². The Morgan fingerprint density at radius 1 is 1.50 bits per heavy atom. The van der Waals surface area contributed by atoms with Crippen LogP contribution in [0.25, 0.3) is 0 Å². The zero-order valence-corrected chi connectivity index (χ0v) is 11.3. The van der Waals surface area contributed by atoms with Crippen LogP contribution in [0.4, 0.5) is 0 Å². The molecule has 2 aromatic rings. The van der Waals surface area contributed by atoms with Gasteiger partial charge in [0, 0.05) is 32.9 Å². The highest BCUT2D eigenvalue weighted by Crippen LogP contribution is 2.09. The van der Waals surface area contributed by atoms with Gasteiger partial charge in [-0.3, -0.25) is 9.48 Å². The Hall–Kier alpha value is -2.22. The molecule has 0 bridgehead atoms. The van der Waals surface area contributed by atoms with Crippen LogP contribution in [-0.2, 0) is 13.5 Å². The molecule has 2 aromatic heterocycles. The summed E-state index contributed by atoms with van der Waals surface area (Å²) in [5, 5.41) is 18.0. The number of nitrogens with zero attached hydrogens (tertiary/aromatic N) is 5. The van der Waals surface area contributed by atoms with Gasteiger partial charge in [-0.15, -0.1) is 5.10 Å². The van der Waals surface area contributed by atoms with Gasteiger partial charge in [0.2, 0.25) is 0 Å². The Kier molecular flexibility index (Phi) is 3.46. The predicted octanol–water partition coefficient (Wildman–Crippen LogP) is -0.872. The molecule has 0 aromatic carbocycles. The Morgan fingerprint density at radius 2 is 2.35 bits per heavy atom. The van der Waals surface area contributed by atoms with E-state index in [-0.39, 0.29) is 5.91 Å². The zero-order valence-electron chi connectivity index (χ0n) is 11.3. The highest BCUT2D eigenvalue weighted by molar-refractivity contribution is 5.91. The predicted molar refractivity (Wildman–Crippen MR) is 71.2 cm³/mol. The van der Waals surface area contributed by atoms with E-state index in [2.05, 4.69) is 26.0 Å². The van der Waals surface area contributed by atoms with Gasteiger partial charge in [-0.1, -0.05) is 5.21 Å². The first kappa shape index (κ1) is 12.8. The van der Waals surface area contributed by atoms with Crippen molar-refractivity contribution in [3.63, 3.8) is 0 Å². The van der Waals surface area contributed by atoms with E-state index in [1.165, 1.54) is 0 Å². The minimum Gasteiger partial charge on any atom is -0.350 e. The summed E-state index contributed by atoms with van der Waals surface area (Å²) >= 11 is 0. The molecule has 3 rings (SSSR count). The SMILES string of the molecule is Cn1cc(CCNC(=O)c2cn(C3CNC3)nn2)cn1. The second kappa shape index (κ2) is 5.41. The van der Waals surface area contributed by atoms with Crippen LogP contribution in [-0.4, -0.2) is 50.3 Å². The van der Waals surface area contributed by atoms with E-state index >= 15 is 0 Å². The largest absolute Gasteiger partial charge is 0.350 e. The first-order valence-electron chi connectivity index (χ1n) is 6.60. The molecule has 1 fully saturated rings. The van der Waals surface area contributed by atoms with Crippen molar-refractivity contribution in [1.29, 1.82) is 0 Å². The van der Waals surface area contributed by atoms with Crippen LogP contribution in [0, 0.1) is 0 Å². The molecular formula is C12H17N7O. The van der Waals surface area contributed by atoms with Crippen molar-refractivity contribution in [2.24, 2.45) is 7.05 Å². The number of amides is 1. The van der Waals surface area contributed by atoms with Gasteiger partial charge in [-0.25, -0.2) is 4.68 Å². The quantitative estimate of drug-likeness (QED) is 0.740. The Labute approximate surface area is 116 Å². The zero-order chi connectivity index (χ0) is 13.9. The number of aryl methyl sites for hydroxylation is 1. The highest BCUT2D eigenvalue weighted by atomic mass is 16.2. The van der Waals surface area contributed by atoms with Crippen LogP contribution < -0.4 is 10.6 Å². The molecule has 1 saturated heterocycles. The lowest BCUT2D eigenvalue weighted by Gasteiger charge is -2.26. The third-order valence-electron chi connectivity index (χ3n) is 3.33. The summed E-state index contributed by atoms with van der Waals surface area (Å²) in [5.41, 5.74) is 1.46. The van der Waals surface area contributed by atoms with Gasteiger partial charge in [-0.2, -0.15) is 5.10 Å². The van der Waals surface area contributed by atoms with E-state index in [9.17, 15) is 4.79 Å². The molecule has 0 unspecified atom stereocenters. The maximum absolute atomic E-state index is 11.9. The van der Waals surface area contributed by atoms with Crippen LogP contribution in [0.1, 0.15) is 22.1 Å². The van der Waals surface area contributed by atoms with E-state index in [1.54, 1.807) is 21.8 Å². The normalized spacial score (nSPS) is 15.1. The standard InChI is InChI=1S/C12H17N7O/c1-18-7-9(4-15-18)2-3-14-12(20)11-8-19(17-16-11)10-5-13-6-10/h4,7-8,10,13H,2-3,5-6H2,1H3,(H,14,20). The van der Waals surface area contributed by atoms with E-state index in [4.69, 9.17) is 0 Å². The first-order chi connectivity index (χ1) is 9.72. The van der Waals surface area contributed by atoms with Crippen LogP contribution >= 0.6 is 0 Å². The van der Waals surface area contributed by atoms with Crippen molar-refractivity contribution in [2.75, 3.05) is 19.6 Å². The monoisotopic (exact) mass is 275 g/mol. The number of aromatic nitrogens is 5. The lowest BCUT2D eigenvalue weighted by molar-refractivity contribution is 0.0949. The van der Waals surface area contributed by atoms with Gasteiger partial charge >= 0.3 is 0 Å². The summed E-state index contributed by atoms with van der Waals surface area (Å²) in [6, 6.07) is 0.319. The van der Waals surface area contributed by atoms with Gasteiger partial charge in [0.25, 0.3) is 5.91 Å². The molecule has 8 heteroatoms. The molecule has 0 aliphatic carbocycles. The Bertz CT molecular complexity index is 598. The van der Waals surface area contributed by atoms with Gasteiger partial charge in [-0.05, 0) is 12.0 Å². The molecule has 2 N–H and O–H groups in total. The Balaban J connectivity index is 1.49. The lowest BCUT2D eigenvalue weighted by atomic mass is 10.2. The lowest BCUT2D eigenvalue weighted by Crippen LogP contribution is -2.43. The molecular weight excluding hydrogens is 258 g/mol. The summed E-state index contributed by atoms with van der Waals surface area (Å²) in [5.74, 6) is -0.188. The second-order valence-electron chi connectivity index (χ2n) is 4.92. The summed E-state index contributed by atoms with van der Waals surface area (Å²) in [6.07, 6.45) is 6.18. The van der Waals surface area contributed by atoms with Crippen molar-refractivity contribution in [1.82, 2.24) is 35.4 Å². The van der Waals surface area contributed by atoms with Gasteiger partial charge in [0.05, 0.1) is 18.4 Å². The number of carbonyl (C=O) groups excluding carboxylic acids is 1. The van der Waals surface area contributed by atoms with E-state index in [0.29, 0.717) is 18.3 Å². The van der Waals surface area contributed by atoms with Gasteiger partial charge in [0.15, 0.2) is 5.69 Å². The molecule has 0 atom stereocenters. The number of carbonyl (C=O) groups is 1.